The standard InChI is InChI=1S/C22H18F4N4O2/c23-17-6-4-14(5-7-17)12-27-20(31)18-11-19-21(32)29(8-9-30(19)28-18)13-15-2-1-3-16(10-15)22(24,25)26/h1-7,10-11H,8-9,12-13H2,(H,27,31). The molecule has 1 aliphatic heterocycles. The smallest absolute Gasteiger partial charge is 0.347 e. The number of rotatable bonds is 5. The van der Waals surface area contributed by atoms with Gasteiger partial charge in [-0.05, 0) is 35.4 Å². The summed E-state index contributed by atoms with van der Waals surface area (Å²) < 4.78 is 53.2. The zero-order valence-electron chi connectivity index (χ0n) is 16.7. The van der Waals surface area contributed by atoms with Gasteiger partial charge in [0.15, 0.2) is 5.69 Å². The van der Waals surface area contributed by atoms with E-state index in [2.05, 4.69) is 10.4 Å². The van der Waals surface area contributed by atoms with Gasteiger partial charge in [0.25, 0.3) is 11.8 Å². The number of hydrogen-bond donors (Lipinski definition) is 1. The average Bonchev–Trinajstić information content (AvgIpc) is 3.20. The molecule has 1 N–H and O–H groups in total. The summed E-state index contributed by atoms with van der Waals surface area (Å²) in [6.07, 6.45) is -4.46. The topological polar surface area (TPSA) is 67.2 Å². The molecule has 1 aliphatic rings. The number of nitrogens with one attached hydrogen (secondary N) is 1. The molecule has 0 radical (unpaired) electrons. The van der Waals surface area contributed by atoms with Crippen LogP contribution >= 0.6 is 0 Å². The van der Waals surface area contributed by atoms with E-state index in [9.17, 15) is 27.2 Å². The van der Waals surface area contributed by atoms with Crippen LogP contribution in [0, 0.1) is 5.82 Å². The Kier molecular flexibility index (Phi) is 5.68. The van der Waals surface area contributed by atoms with Gasteiger partial charge in [0.2, 0.25) is 0 Å². The minimum Gasteiger partial charge on any atom is -0.347 e. The largest absolute Gasteiger partial charge is 0.416 e. The Balaban J connectivity index is 1.43. The van der Waals surface area contributed by atoms with Gasteiger partial charge in [-0.25, -0.2) is 4.39 Å². The third-order valence-electron chi connectivity index (χ3n) is 5.09. The highest BCUT2D eigenvalue weighted by molar-refractivity contribution is 5.98. The number of hydrogen-bond acceptors (Lipinski definition) is 3. The second kappa shape index (κ2) is 8.45. The van der Waals surface area contributed by atoms with Crippen LogP contribution in [0.4, 0.5) is 17.6 Å². The summed E-state index contributed by atoms with van der Waals surface area (Å²) in [7, 11) is 0. The quantitative estimate of drug-likeness (QED) is 0.609. The molecule has 1 aromatic heterocycles. The predicted molar refractivity (Wildman–Crippen MR) is 106 cm³/mol. The van der Waals surface area contributed by atoms with Crippen LogP contribution in [0.1, 0.15) is 37.7 Å². The van der Waals surface area contributed by atoms with Crippen LogP contribution in [0.5, 0.6) is 0 Å². The molecule has 4 rings (SSSR count). The molecule has 10 heteroatoms. The van der Waals surface area contributed by atoms with E-state index in [-0.39, 0.29) is 36.8 Å². The number of alkyl halides is 3. The van der Waals surface area contributed by atoms with Gasteiger partial charge in [0.1, 0.15) is 11.5 Å². The van der Waals surface area contributed by atoms with Crippen LogP contribution < -0.4 is 5.32 Å². The van der Waals surface area contributed by atoms with Crippen LogP contribution in [0.25, 0.3) is 0 Å². The lowest BCUT2D eigenvalue weighted by Gasteiger charge is -2.27. The van der Waals surface area contributed by atoms with Gasteiger partial charge in [0.05, 0.1) is 12.1 Å². The molecule has 0 aliphatic carbocycles. The maximum absolute atomic E-state index is 13.0. The van der Waals surface area contributed by atoms with Gasteiger partial charge in [-0.3, -0.25) is 14.3 Å². The Hall–Kier alpha value is -3.69. The van der Waals surface area contributed by atoms with E-state index in [1.54, 1.807) is 12.1 Å². The molecule has 32 heavy (non-hydrogen) atoms. The third kappa shape index (κ3) is 4.63. The first-order valence-corrected chi connectivity index (χ1v) is 9.76. The third-order valence-corrected chi connectivity index (χ3v) is 5.09. The van der Waals surface area contributed by atoms with E-state index in [0.29, 0.717) is 17.7 Å². The van der Waals surface area contributed by atoms with Crippen molar-refractivity contribution in [3.63, 3.8) is 0 Å². The fraction of sp³-hybridized carbons (Fsp3) is 0.227. The number of carbonyl (C=O) groups excluding carboxylic acids is 2. The average molecular weight is 446 g/mol. The molecule has 6 nitrogen and oxygen atoms in total. The molecule has 2 heterocycles. The van der Waals surface area contributed by atoms with Crippen LogP contribution in [0.3, 0.4) is 0 Å². The second-order valence-corrected chi connectivity index (χ2v) is 7.37. The van der Waals surface area contributed by atoms with Crippen LogP contribution in [-0.2, 0) is 25.8 Å². The van der Waals surface area contributed by atoms with Gasteiger partial charge >= 0.3 is 6.18 Å². The summed E-state index contributed by atoms with van der Waals surface area (Å²) in [6.45, 7) is 0.739. The highest BCUT2D eigenvalue weighted by Crippen LogP contribution is 2.30. The zero-order chi connectivity index (χ0) is 22.9. The molecule has 0 spiro atoms. The van der Waals surface area contributed by atoms with E-state index in [4.69, 9.17) is 0 Å². The highest BCUT2D eigenvalue weighted by Gasteiger charge is 2.31. The van der Waals surface area contributed by atoms with Crippen LogP contribution in [-0.4, -0.2) is 33.0 Å². The summed E-state index contributed by atoms with van der Waals surface area (Å²) in [4.78, 5) is 26.7. The summed E-state index contributed by atoms with van der Waals surface area (Å²) in [6, 6.07) is 11.9. The van der Waals surface area contributed by atoms with Gasteiger partial charge in [-0.1, -0.05) is 24.3 Å². The molecule has 0 bridgehead atoms. The predicted octanol–water partition coefficient (Wildman–Crippen LogP) is 3.63. The normalized spacial score (nSPS) is 13.8. The van der Waals surface area contributed by atoms with Crippen molar-refractivity contribution < 1.29 is 27.2 Å². The maximum Gasteiger partial charge on any atom is 0.416 e. The molecule has 0 atom stereocenters. The number of benzene rings is 2. The van der Waals surface area contributed by atoms with E-state index in [1.807, 2.05) is 0 Å². The minimum absolute atomic E-state index is 0.0139. The van der Waals surface area contributed by atoms with Gasteiger partial charge in [-0.15, -0.1) is 0 Å². The number of nitrogens with zero attached hydrogens (tertiary/aromatic N) is 3. The number of halogens is 4. The fourth-order valence-electron chi connectivity index (χ4n) is 3.44. The van der Waals surface area contributed by atoms with Crippen molar-refractivity contribution in [1.82, 2.24) is 20.0 Å². The summed E-state index contributed by atoms with van der Waals surface area (Å²) in [5.41, 5.74) is 0.529. The zero-order valence-corrected chi connectivity index (χ0v) is 16.7. The first-order chi connectivity index (χ1) is 15.2. The van der Waals surface area contributed by atoms with E-state index in [1.165, 1.54) is 39.9 Å². The number of amides is 2. The van der Waals surface area contributed by atoms with Gasteiger partial charge in [0, 0.05) is 25.7 Å². The number of fused-ring (bicyclic) bond motifs is 1. The molecular weight excluding hydrogens is 428 g/mol. The highest BCUT2D eigenvalue weighted by atomic mass is 19.4. The Labute approximate surface area is 180 Å². The molecule has 2 aromatic carbocycles. The molecule has 0 fully saturated rings. The molecule has 3 aromatic rings. The van der Waals surface area contributed by atoms with E-state index < -0.39 is 23.6 Å². The first-order valence-electron chi connectivity index (χ1n) is 9.76. The lowest BCUT2D eigenvalue weighted by molar-refractivity contribution is -0.137. The monoisotopic (exact) mass is 446 g/mol. The van der Waals surface area contributed by atoms with Crippen LogP contribution in [0.2, 0.25) is 0 Å². The second-order valence-electron chi connectivity index (χ2n) is 7.37. The van der Waals surface area contributed by atoms with E-state index in [0.717, 1.165) is 12.1 Å². The minimum atomic E-state index is -4.46. The summed E-state index contributed by atoms with van der Waals surface area (Å²) in [5.74, 6) is -1.29. The molecule has 0 unspecified atom stereocenters. The van der Waals surface area contributed by atoms with Crippen molar-refractivity contribution in [2.75, 3.05) is 6.54 Å². The molecule has 166 valence electrons. The first kappa shape index (κ1) is 21.5. The lowest BCUT2D eigenvalue weighted by Crippen LogP contribution is -2.39. The number of carbonyl (C=O) groups is 2. The van der Waals surface area contributed by atoms with E-state index >= 15 is 0 Å². The van der Waals surface area contributed by atoms with Crippen molar-refractivity contribution >= 4 is 11.8 Å². The lowest BCUT2D eigenvalue weighted by atomic mass is 10.1. The summed E-state index contributed by atoms with van der Waals surface area (Å²) >= 11 is 0. The Morgan fingerprint density at radius 2 is 1.78 bits per heavy atom. The van der Waals surface area contributed by atoms with Crippen molar-refractivity contribution in [3.05, 3.63) is 88.5 Å². The molecule has 0 saturated heterocycles. The van der Waals surface area contributed by atoms with Crippen LogP contribution in [0.15, 0.2) is 54.6 Å². The fourth-order valence-corrected chi connectivity index (χ4v) is 3.44. The Morgan fingerprint density at radius 3 is 2.50 bits per heavy atom. The van der Waals surface area contributed by atoms with Crippen molar-refractivity contribution in [3.8, 4) is 0 Å². The maximum atomic E-state index is 13.0. The van der Waals surface area contributed by atoms with Crippen molar-refractivity contribution in [2.45, 2.75) is 25.8 Å². The van der Waals surface area contributed by atoms with Gasteiger partial charge < -0.3 is 10.2 Å². The van der Waals surface area contributed by atoms with Gasteiger partial charge in [-0.2, -0.15) is 18.3 Å². The summed E-state index contributed by atoms with van der Waals surface area (Å²) in [5, 5.41) is 6.83. The van der Waals surface area contributed by atoms with Crippen molar-refractivity contribution in [1.29, 1.82) is 0 Å². The molecule has 0 saturated carbocycles. The SMILES string of the molecule is O=C(NCc1ccc(F)cc1)c1cc2n(n1)CCN(Cc1cccc(C(F)(F)F)c1)C2=O. The Bertz CT molecular complexity index is 1160. The van der Waals surface area contributed by atoms with Crippen molar-refractivity contribution in [2.24, 2.45) is 0 Å². The molecular formula is C22H18F4N4O2. The Morgan fingerprint density at radius 1 is 1.03 bits per heavy atom. The molecule has 2 amide bonds. The number of aromatic nitrogens is 2.